The first-order chi connectivity index (χ1) is 14.2. The molecular formula is C22H27F3N4O. The standard InChI is InChI=1S/C22H27F3N4O/c1-5-12-29(13-6-2)19-9-7-8-18-20(19)28(4)21(27-18)26-17-11-10-16(14-15(17)3)30-22(23,24)25/h7-11,14H,5-6,12-13H2,1-4H3,(H,26,27). The van der Waals surface area contributed by atoms with Crippen molar-refractivity contribution < 1.29 is 17.9 Å². The number of hydrogen-bond acceptors (Lipinski definition) is 4. The third-order valence-corrected chi connectivity index (χ3v) is 4.88. The van der Waals surface area contributed by atoms with Gasteiger partial charge in [0.25, 0.3) is 0 Å². The van der Waals surface area contributed by atoms with E-state index in [2.05, 4.69) is 34.9 Å². The first-order valence-corrected chi connectivity index (χ1v) is 10.1. The van der Waals surface area contributed by atoms with Crippen molar-refractivity contribution in [2.24, 2.45) is 7.05 Å². The number of halogens is 3. The smallest absolute Gasteiger partial charge is 0.406 e. The molecule has 3 rings (SSSR count). The van der Waals surface area contributed by atoms with Crippen molar-refractivity contribution in [3.63, 3.8) is 0 Å². The molecular weight excluding hydrogens is 393 g/mol. The second-order valence-electron chi connectivity index (χ2n) is 7.28. The molecule has 0 saturated heterocycles. The summed E-state index contributed by atoms with van der Waals surface area (Å²) in [4.78, 5) is 7.07. The zero-order valence-corrected chi connectivity index (χ0v) is 17.7. The number of nitrogens with one attached hydrogen (secondary N) is 1. The largest absolute Gasteiger partial charge is 0.573 e. The number of imidazole rings is 1. The Morgan fingerprint density at radius 1 is 1.10 bits per heavy atom. The summed E-state index contributed by atoms with van der Waals surface area (Å²) in [5.41, 5.74) is 4.32. The van der Waals surface area contributed by atoms with Gasteiger partial charge in [0.05, 0.1) is 16.7 Å². The van der Waals surface area contributed by atoms with Gasteiger partial charge in [0.1, 0.15) is 5.75 Å². The van der Waals surface area contributed by atoms with Crippen molar-refractivity contribution in [1.29, 1.82) is 0 Å². The minimum absolute atomic E-state index is 0.243. The van der Waals surface area contributed by atoms with Gasteiger partial charge in [-0.2, -0.15) is 0 Å². The molecule has 0 bridgehead atoms. The van der Waals surface area contributed by atoms with Crippen molar-refractivity contribution in [1.82, 2.24) is 9.55 Å². The fourth-order valence-corrected chi connectivity index (χ4v) is 3.60. The quantitative estimate of drug-likeness (QED) is 0.475. The van der Waals surface area contributed by atoms with E-state index < -0.39 is 6.36 Å². The summed E-state index contributed by atoms with van der Waals surface area (Å²) in [5, 5.41) is 3.25. The van der Waals surface area contributed by atoms with E-state index >= 15 is 0 Å². The fourth-order valence-electron chi connectivity index (χ4n) is 3.60. The number of para-hydroxylation sites is 1. The Bertz CT molecular complexity index is 1010. The third-order valence-electron chi connectivity index (χ3n) is 4.88. The summed E-state index contributed by atoms with van der Waals surface area (Å²) in [6, 6.07) is 10.3. The fraction of sp³-hybridized carbons (Fsp3) is 0.409. The number of fused-ring (bicyclic) bond motifs is 1. The Labute approximate surface area is 174 Å². The Kier molecular flexibility index (Phi) is 6.43. The number of aryl methyl sites for hydroxylation is 2. The van der Waals surface area contributed by atoms with Crippen LogP contribution in [0, 0.1) is 6.92 Å². The number of hydrogen-bond donors (Lipinski definition) is 1. The summed E-state index contributed by atoms with van der Waals surface area (Å²) < 4.78 is 43.3. The third kappa shape index (κ3) is 4.80. The van der Waals surface area contributed by atoms with Crippen LogP contribution in [0.25, 0.3) is 11.0 Å². The van der Waals surface area contributed by atoms with Crippen LogP contribution in [0.3, 0.4) is 0 Å². The first kappa shape index (κ1) is 21.8. The van der Waals surface area contributed by atoms with Crippen molar-refractivity contribution in [3.05, 3.63) is 42.0 Å². The van der Waals surface area contributed by atoms with Crippen LogP contribution in [0.2, 0.25) is 0 Å². The highest BCUT2D eigenvalue weighted by Gasteiger charge is 2.31. The van der Waals surface area contributed by atoms with Gasteiger partial charge in [-0.05, 0) is 55.7 Å². The molecule has 0 aliphatic heterocycles. The van der Waals surface area contributed by atoms with Crippen LogP contribution in [-0.4, -0.2) is 29.0 Å². The van der Waals surface area contributed by atoms with Gasteiger partial charge in [0.2, 0.25) is 5.95 Å². The molecule has 162 valence electrons. The lowest BCUT2D eigenvalue weighted by atomic mass is 10.2. The zero-order chi connectivity index (χ0) is 21.9. The zero-order valence-electron chi connectivity index (χ0n) is 17.7. The second kappa shape index (κ2) is 8.85. The molecule has 0 unspecified atom stereocenters. The molecule has 0 fully saturated rings. The van der Waals surface area contributed by atoms with Crippen molar-refractivity contribution in [2.75, 3.05) is 23.3 Å². The van der Waals surface area contributed by atoms with Gasteiger partial charge in [-0.15, -0.1) is 13.2 Å². The summed E-state index contributed by atoms with van der Waals surface area (Å²) in [6.45, 7) is 7.97. The van der Waals surface area contributed by atoms with Gasteiger partial charge >= 0.3 is 6.36 Å². The lowest BCUT2D eigenvalue weighted by Crippen LogP contribution is -2.25. The lowest BCUT2D eigenvalue weighted by molar-refractivity contribution is -0.274. The van der Waals surface area contributed by atoms with E-state index in [4.69, 9.17) is 4.98 Å². The number of anilines is 3. The molecule has 0 saturated carbocycles. The number of alkyl halides is 3. The van der Waals surface area contributed by atoms with Crippen LogP contribution < -0.4 is 15.0 Å². The van der Waals surface area contributed by atoms with E-state index in [-0.39, 0.29) is 5.75 Å². The average molecular weight is 420 g/mol. The van der Waals surface area contributed by atoms with Crippen LogP contribution in [0.15, 0.2) is 36.4 Å². The van der Waals surface area contributed by atoms with Crippen molar-refractivity contribution in [2.45, 2.75) is 40.0 Å². The number of aromatic nitrogens is 2. The van der Waals surface area contributed by atoms with Crippen LogP contribution in [0.4, 0.5) is 30.5 Å². The van der Waals surface area contributed by atoms with Gasteiger partial charge in [-0.1, -0.05) is 19.9 Å². The van der Waals surface area contributed by atoms with E-state index in [1.54, 1.807) is 13.0 Å². The van der Waals surface area contributed by atoms with Crippen LogP contribution in [0.5, 0.6) is 5.75 Å². The highest BCUT2D eigenvalue weighted by atomic mass is 19.4. The Morgan fingerprint density at radius 3 is 2.40 bits per heavy atom. The Hall–Kier alpha value is -2.90. The maximum Gasteiger partial charge on any atom is 0.573 e. The summed E-state index contributed by atoms with van der Waals surface area (Å²) in [5.74, 6) is 0.380. The maximum absolute atomic E-state index is 12.4. The monoisotopic (exact) mass is 420 g/mol. The van der Waals surface area contributed by atoms with Gasteiger partial charge in [0.15, 0.2) is 0 Å². The average Bonchev–Trinajstić information content (AvgIpc) is 2.98. The molecule has 30 heavy (non-hydrogen) atoms. The summed E-state index contributed by atoms with van der Waals surface area (Å²) in [6.07, 6.45) is -2.62. The summed E-state index contributed by atoms with van der Waals surface area (Å²) >= 11 is 0. The number of benzene rings is 2. The maximum atomic E-state index is 12.4. The number of nitrogens with zero attached hydrogens (tertiary/aromatic N) is 3. The summed E-state index contributed by atoms with van der Waals surface area (Å²) in [7, 11) is 1.94. The SMILES string of the molecule is CCCN(CCC)c1cccc2nc(Nc3ccc(OC(F)(F)F)cc3C)n(C)c12. The Balaban J connectivity index is 1.94. The minimum Gasteiger partial charge on any atom is -0.406 e. The molecule has 1 N–H and O–H groups in total. The Morgan fingerprint density at radius 2 is 1.80 bits per heavy atom. The van der Waals surface area contributed by atoms with Crippen molar-refractivity contribution in [3.8, 4) is 5.75 Å². The molecule has 0 radical (unpaired) electrons. The molecule has 8 heteroatoms. The van der Waals surface area contributed by atoms with Gasteiger partial charge in [-0.3, -0.25) is 0 Å². The molecule has 0 aliphatic rings. The minimum atomic E-state index is -4.71. The topological polar surface area (TPSA) is 42.3 Å². The molecule has 0 aliphatic carbocycles. The highest BCUT2D eigenvalue weighted by Crippen LogP contribution is 2.32. The predicted molar refractivity (Wildman–Crippen MR) is 115 cm³/mol. The molecule has 3 aromatic rings. The molecule has 1 aromatic heterocycles. The van der Waals surface area contributed by atoms with Crippen molar-refractivity contribution >= 4 is 28.4 Å². The first-order valence-electron chi connectivity index (χ1n) is 10.1. The van der Waals surface area contributed by atoms with E-state index in [1.807, 2.05) is 23.7 Å². The van der Waals surface area contributed by atoms with Gasteiger partial charge in [-0.25, -0.2) is 4.98 Å². The molecule has 1 heterocycles. The number of rotatable bonds is 8. The molecule has 0 amide bonds. The van der Waals surface area contributed by atoms with E-state index in [0.717, 1.165) is 42.7 Å². The predicted octanol–water partition coefficient (Wildman–Crippen LogP) is 6.15. The van der Waals surface area contributed by atoms with Gasteiger partial charge < -0.3 is 19.5 Å². The van der Waals surface area contributed by atoms with Crippen LogP contribution in [-0.2, 0) is 7.05 Å². The lowest BCUT2D eigenvalue weighted by Gasteiger charge is -2.25. The second-order valence-corrected chi connectivity index (χ2v) is 7.28. The molecule has 0 spiro atoms. The van der Waals surface area contributed by atoms with Gasteiger partial charge in [0, 0.05) is 25.8 Å². The highest BCUT2D eigenvalue weighted by molar-refractivity contribution is 5.91. The van der Waals surface area contributed by atoms with Crippen LogP contribution in [0.1, 0.15) is 32.3 Å². The number of ether oxygens (including phenoxy) is 1. The molecule has 2 aromatic carbocycles. The van der Waals surface area contributed by atoms with E-state index in [0.29, 0.717) is 17.2 Å². The van der Waals surface area contributed by atoms with E-state index in [9.17, 15) is 13.2 Å². The molecule has 5 nitrogen and oxygen atoms in total. The molecule has 0 atom stereocenters. The normalized spacial score (nSPS) is 11.7. The van der Waals surface area contributed by atoms with Crippen LogP contribution >= 0.6 is 0 Å². The van der Waals surface area contributed by atoms with E-state index in [1.165, 1.54) is 12.1 Å².